The van der Waals surface area contributed by atoms with Crippen LogP contribution >= 0.6 is 0 Å². The monoisotopic (exact) mass is 305 g/mol. The van der Waals surface area contributed by atoms with Gasteiger partial charge in [-0.15, -0.1) is 0 Å². The highest BCUT2D eigenvalue weighted by Crippen LogP contribution is 2.26. The van der Waals surface area contributed by atoms with Crippen LogP contribution in [0, 0.1) is 0 Å². The first-order valence-electron chi connectivity index (χ1n) is 6.28. The van der Waals surface area contributed by atoms with Crippen molar-refractivity contribution in [1.29, 1.82) is 0 Å². The molecule has 0 unspecified atom stereocenters. The number of rotatable bonds is 6. The zero-order chi connectivity index (χ0) is 15.5. The topological polar surface area (TPSA) is 81.1 Å². The molecule has 0 aliphatic heterocycles. The van der Waals surface area contributed by atoms with Crippen LogP contribution in [0.15, 0.2) is 9.05 Å². The smallest absolute Gasteiger partial charge is 0.339 e. The summed E-state index contributed by atoms with van der Waals surface area (Å²) >= 11 is 0. The molecule has 0 saturated carbocycles. The number of aryl methyl sites for hydroxylation is 1. The van der Waals surface area contributed by atoms with E-state index in [9.17, 15) is 13.2 Å². The van der Waals surface area contributed by atoms with Crippen LogP contribution in [0.25, 0.3) is 0 Å². The van der Waals surface area contributed by atoms with E-state index >= 15 is 0 Å². The number of hydrogen-bond donors (Lipinski definition) is 0. The lowest BCUT2D eigenvalue weighted by Gasteiger charge is -2.10. The van der Waals surface area contributed by atoms with Gasteiger partial charge in [0.05, 0.1) is 13.1 Å². The number of alkyl halides is 3. The van der Waals surface area contributed by atoms with Crippen molar-refractivity contribution in [3.05, 3.63) is 23.4 Å². The van der Waals surface area contributed by atoms with Crippen LogP contribution < -0.4 is 0 Å². The Kier molecular flexibility index (Phi) is 4.56. The Hall–Kier alpha value is -1.97. The Bertz CT molecular complexity index is 580. The third kappa shape index (κ3) is 4.25. The van der Waals surface area contributed by atoms with Crippen molar-refractivity contribution in [2.45, 2.75) is 39.0 Å². The highest BCUT2D eigenvalue weighted by atomic mass is 19.4. The first-order chi connectivity index (χ1) is 9.88. The van der Waals surface area contributed by atoms with Crippen molar-refractivity contribution in [2.24, 2.45) is 0 Å². The van der Waals surface area contributed by atoms with Crippen LogP contribution in [-0.4, -0.2) is 32.2 Å². The number of halogens is 3. The molecule has 0 aromatic carbocycles. The van der Waals surface area contributed by atoms with E-state index in [-0.39, 0.29) is 12.4 Å². The van der Waals surface area contributed by atoms with Crippen molar-refractivity contribution >= 4 is 0 Å². The van der Waals surface area contributed by atoms with Crippen LogP contribution in [0.1, 0.15) is 36.8 Å². The van der Waals surface area contributed by atoms with E-state index in [0.29, 0.717) is 24.7 Å². The standard InChI is InChI=1S/C11H14F3N5O2/c1-3-4-8-15-7(17-20-8)5-19(2)6-9-16-10(18-21-9)11(12,13)14/h3-6H2,1-2H3. The zero-order valence-corrected chi connectivity index (χ0v) is 11.5. The fraction of sp³-hybridized carbons (Fsp3) is 0.636. The predicted octanol–water partition coefficient (Wildman–Crippen LogP) is 2.06. The van der Waals surface area contributed by atoms with E-state index in [1.54, 1.807) is 11.9 Å². The Morgan fingerprint density at radius 2 is 1.76 bits per heavy atom. The maximum absolute atomic E-state index is 12.3. The first kappa shape index (κ1) is 15.4. The van der Waals surface area contributed by atoms with E-state index in [1.807, 2.05) is 6.92 Å². The average molecular weight is 305 g/mol. The molecule has 2 rings (SSSR count). The van der Waals surface area contributed by atoms with E-state index in [2.05, 4.69) is 24.8 Å². The van der Waals surface area contributed by atoms with Crippen LogP contribution in [-0.2, 0) is 25.7 Å². The second kappa shape index (κ2) is 6.20. The molecular weight excluding hydrogens is 291 g/mol. The normalized spacial score (nSPS) is 12.3. The molecule has 0 spiro atoms. The van der Waals surface area contributed by atoms with E-state index in [1.165, 1.54) is 0 Å². The third-order valence-corrected chi connectivity index (χ3v) is 2.51. The highest BCUT2D eigenvalue weighted by molar-refractivity contribution is 4.91. The second-order valence-electron chi connectivity index (χ2n) is 4.54. The van der Waals surface area contributed by atoms with Gasteiger partial charge in [-0.2, -0.15) is 23.1 Å². The van der Waals surface area contributed by atoms with Gasteiger partial charge in [0.25, 0.3) is 5.82 Å². The summed E-state index contributed by atoms with van der Waals surface area (Å²) in [7, 11) is 1.67. The lowest BCUT2D eigenvalue weighted by molar-refractivity contribution is -0.146. The summed E-state index contributed by atoms with van der Waals surface area (Å²) in [4.78, 5) is 9.10. The average Bonchev–Trinajstić information content (AvgIpc) is 2.98. The minimum atomic E-state index is -4.61. The summed E-state index contributed by atoms with van der Waals surface area (Å²) in [6.45, 7) is 2.35. The van der Waals surface area contributed by atoms with Gasteiger partial charge in [-0.05, 0) is 13.5 Å². The van der Waals surface area contributed by atoms with Crippen molar-refractivity contribution in [1.82, 2.24) is 25.2 Å². The van der Waals surface area contributed by atoms with Crippen molar-refractivity contribution in [3.8, 4) is 0 Å². The summed E-state index contributed by atoms with van der Waals surface area (Å²) in [5.74, 6) is -0.410. The van der Waals surface area contributed by atoms with Crippen molar-refractivity contribution in [3.63, 3.8) is 0 Å². The van der Waals surface area contributed by atoms with Crippen molar-refractivity contribution < 1.29 is 22.2 Å². The van der Waals surface area contributed by atoms with Crippen LogP contribution in [0.3, 0.4) is 0 Å². The summed E-state index contributed by atoms with van der Waals surface area (Å²) in [6.07, 6.45) is -3.03. The van der Waals surface area contributed by atoms with Gasteiger partial charge < -0.3 is 9.05 Å². The predicted molar refractivity (Wildman–Crippen MR) is 62.8 cm³/mol. The summed E-state index contributed by atoms with van der Waals surface area (Å²) in [5, 5.41) is 6.67. The Balaban J connectivity index is 1.91. The Labute approximate surface area is 118 Å². The summed E-state index contributed by atoms with van der Waals surface area (Å²) in [6, 6.07) is 0. The maximum Gasteiger partial charge on any atom is 0.455 e. The molecule has 116 valence electrons. The molecular formula is C11H14F3N5O2. The van der Waals surface area contributed by atoms with Crippen LogP contribution in [0.5, 0.6) is 0 Å². The summed E-state index contributed by atoms with van der Waals surface area (Å²) in [5.41, 5.74) is 0. The molecule has 2 aromatic rings. The van der Waals surface area contributed by atoms with Crippen LogP contribution in [0.4, 0.5) is 13.2 Å². The van der Waals surface area contributed by atoms with E-state index in [4.69, 9.17) is 4.52 Å². The molecule has 10 heteroatoms. The number of aromatic nitrogens is 4. The minimum Gasteiger partial charge on any atom is -0.339 e. The SMILES string of the molecule is CCCc1nc(CN(C)Cc2nc(C(F)(F)F)no2)no1. The molecule has 0 fully saturated rings. The molecule has 7 nitrogen and oxygen atoms in total. The van der Waals surface area contributed by atoms with Gasteiger partial charge in [-0.1, -0.05) is 17.2 Å². The molecule has 2 heterocycles. The molecule has 21 heavy (non-hydrogen) atoms. The van der Waals surface area contributed by atoms with Gasteiger partial charge in [0.2, 0.25) is 11.8 Å². The summed E-state index contributed by atoms with van der Waals surface area (Å²) < 4.78 is 46.6. The number of nitrogens with zero attached hydrogens (tertiary/aromatic N) is 5. The molecule has 2 aromatic heterocycles. The highest BCUT2D eigenvalue weighted by Gasteiger charge is 2.37. The Morgan fingerprint density at radius 1 is 1.05 bits per heavy atom. The molecule has 0 radical (unpaired) electrons. The van der Waals surface area contributed by atoms with E-state index in [0.717, 1.165) is 6.42 Å². The second-order valence-corrected chi connectivity index (χ2v) is 4.54. The van der Waals surface area contributed by atoms with Gasteiger partial charge in [0.15, 0.2) is 5.82 Å². The minimum absolute atomic E-state index is 0.0563. The molecule has 0 aliphatic carbocycles. The van der Waals surface area contributed by atoms with Gasteiger partial charge in [-0.3, -0.25) is 4.90 Å². The molecule has 0 amide bonds. The van der Waals surface area contributed by atoms with Crippen LogP contribution in [0.2, 0.25) is 0 Å². The molecule has 0 aliphatic rings. The zero-order valence-electron chi connectivity index (χ0n) is 11.5. The van der Waals surface area contributed by atoms with Crippen molar-refractivity contribution in [2.75, 3.05) is 7.05 Å². The van der Waals surface area contributed by atoms with E-state index < -0.39 is 12.0 Å². The molecule has 0 bridgehead atoms. The lowest BCUT2D eigenvalue weighted by atomic mass is 10.3. The van der Waals surface area contributed by atoms with Gasteiger partial charge in [-0.25, -0.2) is 0 Å². The number of hydrogen-bond acceptors (Lipinski definition) is 7. The molecule has 0 N–H and O–H groups in total. The third-order valence-electron chi connectivity index (χ3n) is 2.51. The largest absolute Gasteiger partial charge is 0.455 e. The quantitative estimate of drug-likeness (QED) is 0.808. The maximum atomic E-state index is 12.3. The fourth-order valence-corrected chi connectivity index (χ4v) is 1.63. The lowest BCUT2D eigenvalue weighted by Crippen LogP contribution is -2.18. The Morgan fingerprint density at radius 3 is 2.38 bits per heavy atom. The molecule has 0 saturated heterocycles. The van der Waals surface area contributed by atoms with Gasteiger partial charge in [0, 0.05) is 6.42 Å². The first-order valence-corrected chi connectivity index (χ1v) is 6.28. The van der Waals surface area contributed by atoms with Gasteiger partial charge >= 0.3 is 6.18 Å². The van der Waals surface area contributed by atoms with Gasteiger partial charge in [0.1, 0.15) is 0 Å². The fourth-order valence-electron chi connectivity index (χ4n) is 1.63. The molecule has 0 atom stereocenters.